The molecule has 0 saturated heterocycles. The molecule has 0 atom stereocenters. The lowest BCUT2D eigenvalue weighted by molar-refractivity contribution is 1.20. The van der Waals surface area contributed by atoms with Crippen molar-refractivity contribution in [3.8, 4) is 0 Å². The highest BCUT2D eigenvalue weighted by molar-refractivity contribution is 5.74. The Morgan fingerprint density at radius 3 is 2.77 bits per heavy atom. The summed E-state index contributed by atoms with van der Waals surface area (Å²) in [4.78, 5) is 3.98. The van der Waals surface area contributed by atoms with Gasteiger partial charge in [-0.25, -0.2) is 0 Å². The van der Waals surface area contributed by atoms with Gasteiger partial charge >= 0.3 is 0 Å². The summed E-state index contributed by atoms with van der Waals surface area (Å²) in [6.45, 7) is 0. The minimum Gasteiger partial charge on any atom is -0.367 e. The van der Waals surface area contributed by atoms with Crippen LogP contribution in [0.15, 0.2) is 55.2 Å². The lowest BCUT2D eigenvalue weighted by atomic mass is 10.1. The first-order valence-electron chi connectivity index (χ1n) is 4.17. The van der Waals surface area contributed by atoms with Gasteiger partial charge in [0.25, 0.3) is 0 Å². The molecule has 0 unspecified atom stereocenters. The summed E-state index contributed by atoms with van der Waals surface area (Å²) in [5.41, 5.74) is 2.33. The van der Waals surface area contributed by atoms with Gasteiger partial charge in [0.15, 0.2) is 0 Å². The standard InChI is InChI=1S/C11H10N2/c1-2-6-13-9-11(3-1)10-4-7-12-8-5-10/h1-9,13H. The minimum atomic E-state index is 1.16. The van der Waals surface area contributed by atoms with E-state index in [4.69, 9.17) is 0 Å². The zero-order valence-electron chi connectivity index (χ0n) is 7.14. The lowest BCUT2D eigenvalue weighted by Gasteiger charge is -2.00. The van der Waals surface area contributed by atoms with Crippen molar-refractivity contribution in [2.75, 3.05) is 0 Å². The Morgan fingerprint density at radius 2 is 1.92 bits per heavy atom. The first kappa shape index (κ1) is 7.80. The summed E-state index contributed by atoms with van der Waals surface area (Å²) < 4.78 is 0. The molecule has 1 aliphatic heterocycles. The molecule has 1 aromatic heterocycles. The molecule has 0 bridgehead atoms. The molecular weight excluding hydrogens is 160 g/mol. The number of nitrogens with one attached hydrogen (secondary N) is 1. The van der Waals surface area contributed by atoms with E-state index in [-0.39, 0.29) is 0 Å². The van der Waals surface area contributed by atoms with Crippen LogP contribution in [-0.4, -0.2) is 4.98 Å². The Kier molecular flexibility index (Phi) is 2.23. The lowest BCUT2D eigenvalue weighted by Crippen LogP contribution is -1.92. The van der Waals surface area contributed by atoms with E-state index in [2.05, 4.69) is 16.4 Å². The zero-order valence-corrected chi connectivity index (χ0v) is 7.14. The Labute approximate surface area is 77.3 Å². The van der Waals surface area contributed by atoms with Crippen LogP contribution in [0.25, 0.3) is 5.57 Å². The number of aromatic nitrogens is 1. The van der Waals surface area contributed by atoms with Gasteiger partial charge in [0.05, 0.1) is 0 Å². The fourth-order valence-corrected chi connectivity index (χ4v) is 1.18. The topological polar surface area (TPSA) is 24.9 Å². The molecule has 0 radical (unpaired) electrons. The molecular formula is C11H10N2. The van der Waals surface area contributed by atoms with Crippen LogP contribution in [0.2, 0.25) is 0 Å². The van der Waals surface area contributed by atoms with Crippen molar-refractivity contribution in [1.29, 1.82) is 0 Å². The van der Waals surface area contributed by atoms with Crippen molar-refractivity contribution < 1.29 is 0 Å². The van der Waals surface area contributed by atoms with Crippen LogP contribution in [0.5, 0.6) is 0 Å². The summed E-state index contributed by atoms with van der Waals surface area (Å²) in [7, 11) is 0. The van der Waals surface area contributed by atoms with Gasteiger partial charge in [-0.2, -0.15) is 0 Å². The molecule has 1 aromatic rings. The van der Waals surface area contributed by atoms with Crippen molar-refractivity contribution in [3.63, 3.8) is 0 Å². The Balaban J connectivity index is 2.32. The van der Waals surface area contributed by atoms with Crippen molar-refractivity contribution in [2.24, 2.45) is 0 Å². The van der Waals surface area contributed by atoms with Crippen LogP contribution in [0.3, 0.4) is 0 Å². The second-order valence-electron chi connectivity index (χ2n) is 2.72. The molecule has 0 aromatic carbocycles. The van der Waals surface area contributed by atoms with Crippen molar-refractivity contribution in [2.45, 2.75) is 0 Å². The van der Waals surface area contributed by atoms with E-state index in [9.17, 15) is 0 Å². The van der Waals surface area contributed by atoms with Gasteiger partial charge in [0, 0.05) is 24.8 Å². The Bertz CT molecular complexity index is 361. The van der Waals surface area contributed by atoms with Crippen molar-refractivity contribution >= 4 is 5.57 Å². The van der Waals surface area contributed by atoms with E-state index in [1.165, 1.54) is 5.56 Å². The summed E-state index contributed by atoms with van der Waals surface area (Å²) in [6, 6.07) is 3.98. The van der Waals surface area contributed by atoms with E-state index in [1.54, 1.807) is 12.4 Å². The van der Waals surface area contributed by atoms with Crippen LogP contribution in [0.1, 0.15) is 5.56 Å². The minimum absolute atomic E-state index is 1.16. The first-order valence-corrected chi connectivity index (χ1v) is 4.17. The molecule has 13 heavy (non-hydrogen) atoms. The number of nitrogens with zero attached hydrogens (tertiary/aromatic N) is 1. The molecule has 2 heterocycles. The number of hydrogen-bond donors (Lipinski definition) is 1. The van der Waals surface area contributed by atoms with Crippen molar-refractivity contribution in [3.05, 3.63) is 60.7 Å². The quantitative estimate of drug-likeness (QED) is 0.698. The molecule has 1 N–H and O–H groups in total. The molecule has 64 valence electrons. The Morgan fingerprint density at radius 1 is 1.08 bits per heavy atom. The third-order valence-electron chi connectivity index (χ3n) is 1.83. The maximum absolute atomic E-state index is 3.98. The average molecular weight is 170 g/mol. The number of hydrogen-bond acceptors (Lipinski definition) is 2. The van der Waals surface area contributed by atoms with E-state index < -0.39 is 0 Å². The molecule has 2 nitrogen and oxygen atoms in total. The molecule has 2 heteroatoms. The molecule has 1 aliphatic rings. The molecule has 0 spiro atoms. The van der Waals surface area contributed by atoms with Crippen LogP contribution in [-0.2, 0) is 0 Å². The van der Waals surface area contributed by atoms with E-state index >= 15 is 0 Å². The van der Waals surface area contributed by atoms with Gasteiger partial charge in [-0.1, -0.05) is 12.2 Å². The second kappa shape index (κ2) is 3.72. The van der Waals surface area contributed by atoms with E-state index in [0.29, 0.717) is 0 Å². The number of allylic oxidation sites excluding steroid dienone is 4. The van der Waals surface area contributed by atoms with Gasteiger partial charge in [-0.15, -0.1) is 0 Å². The number of pyridine rings is 1. The van der Waals surface area contributed by atoms with E-state index in [0.717, 1.165) is 5.57 Å². The normalized spacial score (nSPS) is 14.6. The number of rotatable bonds is 1. The van der Waals surface area contributed by atoms with Crippen LogP contribution < -0.4 is 5.32 Å². The fourth-order valence-electron chi connectivity index (χ4n) is 1.18. The van der Waals surface area contributed by atoms with Gasteiger partial charge < -0.3 is 5.32 Å². The molecule has 0 fully saturated rings. The van der Waals surface area contributed by atoms with E-state index in [1.807, 2.05) is 36.7 Å². The molecule has 2 rings (SSSR count). The van der Waals surface area contributed by atoms with Gasteiger partial charge in [0.1, 0.15) is 0 Å². The summed E-state index contributed by atoms with van der Waals surface area (Å²) in [5, 5.41) is 3.07. The third-order valence-corrected chi connectivity index (χ3v) is 1.83. The summed E-state index contributed by atoms with van der Waals surface area (Å²) >= 11 is 0. The maximum Gasteiger partial charge on any atom is 0.0273 e. The van der Waals surface area contributed by atoms with Gasteiger partial charge in [0.2, 0.25) is 0 Å². The maximum atomic E-state index is 3.98. The molecule has 0 saturated carbocycles. The largest absolute Gasteiger partial charge is 0.367 e. The Hall–Kier alpha value is -1.83. The second-order valence-corrected chi connectivity index (χ2v) is 2.72. The fraction of sp³-hybridized carbons (Fsp3) is 0. The molecule has 0 amide bonds. The highest BCUT2D eigenvalue weighted by Gasteiger charge is 1.96. The van der Waals surface area contributed by atoms with Crippen LogP contribution >= 0.6 is 0 Å². The predicted molar refractivity (Wildman–Crippen MR) is 53.6 cm³/mol. The van der Waals surface area contributed by atoms with Gasteiger partial charge in [-0.05, 0) is 29.3 Å². The predicted octanol–water partition coefficient (Wildman–Crippen LogP) is 2.10. The third kappa shape index (κ3) is 1.85. The summed E-state index contributed by atoms with van der Waals surface area (Å²) in [5.74, 6) is 0. The van der Waals surface area contributed by atoms with Crippen molar-refractivity contribution in [1.82, 2.24) is 10.3 Å². The van der Waals surface area contributed by atoms with Crippen LogP contribution in [0, 0.1) is 0 Å². The average Bonchev–Trinajstić information content (AvgIpc) is 2.47. The monoisotopic (exact) mass is 170 g/mol. The first-order chi connectivity index (χ1) is 6.47. The highest BCUT2D eigenvalue weighted by atomic mass is 14.8. The smallest absolute Gasteiger partial charge is 0.0273 e. The van der Waals surface area contributed by atoms with Crippen LogP contribution in [0.4, 0.5) is 0 Å². The summed E-state index contributed by atoms with van der Waals surface area (Å²) in [6.07, 6.45) is 13.5. The highest BCUT2D eigenvalue weighted by Crippen LogP contribution is 2.14. The van der Waals surface area contributed by atoms with Gasteiger partial charge in [-0.3, -0.25) is 4.98 Å². The zero-order chi connectivity index (χ0) is 8.93. The SMILES string of the molecule is C1=CNC=C(c2ccncc2)C=C1. The molecule has 0 aliphatic carbocycles.